The van der Waals surface area contributed by atoms with E-state index in [0.717, 1.165) is 44.8 Å². The number of benzene rings is 2. The zero-order chi connectivity index (χ0) is 19.3. The standard InChI is InChI=1S/C24H33NO2.ClH/c1-4-20-10-12-22(13-11-20)24(26,19(2)3)23(21-8-6-5-7-9-21)18-25-14-16-27-17-15-25;/h5-13,19,23,26H,4,14-18H2,1-3H3;1H/p-1. The molecule has 0 radical (unpaired) electrons. The fraction of sp³-hybridized carbons (Fsp3) is 0.500. The fourth-order valence-corrected chi connectivity index (χ4v) is 4.17. The third-order valence-corrected chi connectivity index (χ3v) is 5.98. The highest BCUT2D eigenvalue weighted by Crippen LogP contribution is 2.43. The topological polar surface area (TPSA) is 32.7 Å². The molecular weight excluding hydrogens is 370 g/mol. The number of ether oxygens (including phenoxy) is 1. The van der Waals surface area contributed by atoms with Crippen LogP contribution in [0.2, 0.25) is 0 Å². The molecule has 1 aliphatic heterocycles. The molecule has 1 heterocycles. The first-order chi connectivity index (χ1) is 13.1. The minimum absolute atomic E-state index is 0. The van der Waals surface area contributed by atoms with E-state index in [0.29, 0.717) is 0 Å². The molecule has 0 saturated carbocycles. The Balaban J connectivity index is 0.00000280. The van der Waals surface area contributed by atoms with Crippen LogP contribution in [-0.4, -0.2) is 42.9 Å². The Bertz CT molecular complexity index is 698. The van der Waals surface area contributed by atoms with Gasteiger partial charge in [0.05, 0.1) is 18.8 Å². The summed E-state index contributed by atoms with van der Waals surface area (Å²) in [6.45, 7) is 10.6. The van der Waals surface area contributed by atoms with Crippen LogP contribution < -0.4 is 12.4 Å². The van der Waals surface area contributed by atoms with Crippen molar-refractivity contribution >= 4 is 0 Å². The second-order valence-corrected chi connectivity index (χ2v) is 7.91. The van der Waals surface area contributed by atoms with Crippen molar-refractivity contribution in [2.45, 2.75) is 38.7 Å². The lowest BCUT2D eigenvalue weighted by atomic mass is 9.70. The minimum atomic E-state index is -0.925. The summed E-state index contributed by atoms with van der Waals surface area (Å²) in [6.07, 6.45) is 1.01. The first kappa shape index (κ1) is 22.9. The molecule has 1 N–H and O–H groups in total. The first-order valence-corrected chi connectivity index (χ1v) is 10.2. The predicted octanol–water partition coefficient (Wildman–Crippen LogP) is 1.21. The van der Waals surface area contributed by atoms with E-state index in [1.165, 1.54) is 11.1 Å². The van der Waals surface area contributed by atoms with Crippen LogP contribution in [0.15, 0.2) is 54.6 Å². The third kappa shape index (κ3) is 4.96. The largest absolute Gasteiger partial charge is 1.00 e. The van der Waals surface area contributed by atoms with Gasteiger partial charge >= 0.3 is 0 Å². The number of halogens is 1. The summed E-state index contributed by atoms with van der Waals surface area (Å²) in [7, 11) is 0. The molecule has 1 fully saturated rings. The van der Waals surface area contributed by atoms with Gasteiger partial charge in [0, 0.05) is 25.6 Å². The van der Waals surface area contributed by atoms with Crippen molar-refractivity contribution in [3.8, 4) is 0 Å². The van der Waals surface area contributed by atoms with Gasteiger partial charge in [0.1, 0.15) is 0 Å². The van der Waals surface area contributed by atoms with Crippen LogP contribution in [0.3, 0.4) is 0 Å². The van der Waals surface area contributed by atoms with Crippen molar-refractivity contribution in [3.63, 3.8) is 0 Å². The second-order valence-electron chi connectivity index (χ2n) is 7.91. The lowest BCUT2D eigenvalue weighted by Gasteiger charge is -2.43. The van der Waals surface area contributed by atoms with Gasteiger partial charge in [0.2, 0.25) is 0 Å². The monoisotopic (exact) mass is 402 g/mol. The molecule has 0 bridgehead atoms. The molecule has 0 amide bonds. The highest BCUT2D eigenvalue weighted by atomic mass is 35.5. The first-order valence-electron chi connectivity index (χ1n) is 10.2. The Kier molecular flexibility index (Phi) is 8.51. The molecule has 1 aliphatic rings. The number of aryl methyl sites for hydroxylation is 1. The van der Waals surface area contributed by atoms with Gasteiger partial charge in [-0.3, -0.25) is 4.90 Å². The lowest BCUT2D eigenvalue weighted by molar-refractivity contribution is -0.0547. The van der Waals surface area contributed by atoms with Gasteiger partial charge in [-0.15, -0.1) is 0 Å². The smallest absolute Gasteiger partial charge is 0.0999 e. The summed E-state index contributed by atoms with van der Waals surface area (Å²) < 4.78 is 5.53. The summed E-state index contributed by atoms with van der Waals surface area (Å²) in [5, 5.41) is 12.1. The van der Waals surface area contributed by atoms with Gasteiger partial charge < -0.3 is 22.3 Å². The molecule has 1 saturated heterocycles. The molecule has 154 valence electrons. The van der Waals surface area contributed by atoms with E-state index < -0.39 is 5.60 Å². The minimum Gasteiger partial charge on any atom is -1.00 e. The molecule has 3 nitrogen and oxygen atoms in total. The lowest BCUT2D eigenvalue weighted by Crippen LogP contribution is -3.00. The van der Waals surface area contributed by atoms with Crippen molar-refractivity contribution in [3.05, 3.63) is 71.3 Å². The predicted molar refractivity (Wildman–Crippen MR) is 111 cm³/mol. The van der Waals surface area contributed by atoms with Crippen LogP contribution in [0.1, 0.15) is 43.4 Å². The molecule has 2 aromatic rings. The van der Waals surface area contributed by atoms with Crippen molar-refractivity contribution < 1.29 is 22.3 Å². The Hall–Kier alpha value is -1.39. The van der Waals surface area contributed by atoms with Crippen molar-refractivity contribution in [2.24, 2.45) is 5.92 Å². The van der Waals surface area contributed by atoms with E-state index in [2.05, 4.69) is 74.2 Å². The van der Waals surface area contributed by atoms with E-state index in [1.807, 2.05) is 6.07 Å². The fourth-order valence-electron chi connectivity index (χ4n) is 4.17. The van der Waals surface area contributed by atoms with Crippen LogP contribution in [-0.2, 0) is 16.8 Å². The van der Waals surface area contributed by atoms with Gasteiger partial charge in [0.25, 0.3) is 0 Å². The van der Waals surface area contributed by atoms with Crippen molar-refractivity contribution in [2.75, 3.05) is 32.8 Å². The van der Waals surface area contributed by atoms with Crippen LogP contribution in [0.5, 0.6) is 0 Å². The normalized spacial score (nSPS) is 18.3. The van der Waals surface area contributed by atoms with Crippen LogP contribution in [0.4, 0.5) is 0 Å². The number of hydrogen-bond donors (Lipinski definition) is 1. The van der Waals surface area contributed by atoms with Gasteiger partial charge in [-0.1, -0.05) is 75.4 Å². The van der Waals surface area contributed by atoms with Crippen LogP contribution >= 0.6 is 0 Å². The van der Waals surface area contributed by atoms with Gasteiger partial charge in [-0.25, -0.2) is 0 Å². The second kappa shape index (κ2) is 10.4. The molecule has 2 unspecified atom stereocenters. The van der Waals surface area contributed by atoms with Gasteiger partial charge in [-0.2, -0.15) is 0 Å². The molecule has 28 heavy (non-hydrogen) atoms. The van der Waals surface area contributed by atoms with E-state index in [-0.39, 0.29) is 24.2 Å². The zero-order valence-electron chi connectivity index (χ0n) is 17.3. The Morgan fingerprint density at radius 3 is 2.14 bits per heavy atom. The SMILES string of the molecule is CCc1ccc(C(O)(C(C)C)C(CN2CCOCC2)c2ccccc2)cc1.[Cl-]. The average Bonchev–Trinajstić information content (AvgIpc) is 2.73. The number of nitrogens with zero attached hydrogens (tertiary/aromatic N) is 1. The molecule has 4 heteroatoms. The maximum Gasteiger partial charge on any atom is 0.0999 e. The molecule has 3 rings (SSSR count). The summed E-state index contributed by atoms with van der Waals surface area (Å²) in [4.78, 5) is 2.43. The van der Waals surface area contributed by atoms with Crippen molar-refractivity contribution in [1.29, 1.82) is 0 Å². The molecule has 2 aromatic carbocycles. The van der Waals surface area contributed by atoms with Crippen LogP contribution in [0.25, 0.3) is 0 Å². The van der Waals surface area contributed by atoms with Gasteiger partial charge in [-0.05, 0) is 29.0 Å². The Morgan fingerprint density at radius 1 is 1.00 bits per heavy atom. The molecule has 2 atom stereocenters. The van der Waals surface area contributed by atoms with E-state index in [4.69, 9.17) is 4.74 Å². The molecule has 0 aliphatic carbocycles. The summed E-state index contributed by atoms with van der Waals surface area (Å²) in [6, 6.07) is 19.0. The average molecular weight is 403 g/mol. The van der Waals surface area contributed by atoms with Gasteiger partial charge in [0.15, 0.2) is 0 Å². The highest BCUT2D eigenvalue weighted by Gasteiger charge is 2.43. The maximum absolute atomic E-state index is 12.1. The maximum atomic E-state index is 12.1. The number of hydrogen-bond acceptors (Lipinski definition) is 3. The van der Waals surface area contributed by atoms with Crippen molar-refractivity contribution in [1.82, 2.24) is 4.90 Å². The summed E-state index contributed by atoms with van der Waals surface area (Å²) >= 11 is 0. The Morgan fingerprint density at radius 2 is 1.61 bits per heavy atom. The molecular formula is C24H33ClNO2-. The Labute approximate surface area is 176 Å². The van der Waals surface area contributed by atoms with E-state index >= 15 is 0 Å². The summed E-state index contributed by atoms with van der Waals surface area (Å²) in [5.74, 6) is 0.0977. The van der Waals surface area contributed by atoms with E-state index in [9.17, 15) is 5.11 Å². The van der Waals surface area contributed by atoms with E-state index in [1.54, 1.807) is 0 Å². The van der Waals surface area contributed by atoms with Crippen LogP contribution in [0, 0.1) is 5.92 Å². The highest BCUT2D eigenvalue weighted by molar-refractivity contribution is 5.34. The zero-order valence-corrected chi connectivity index (χ0v) is 18.0. The quantitative estimate of drug-likeness (QED) is 0.755. The number of morpholine rings is 1. The number of aliphatic hydroxyl groups is 1. The molecule has 0 aromatic heterocycles. The molecule has 0 spiro atoms. The third-order valence-electron chi connectivity index (χ3n) is 5.98. The number of rotatable bonds is 7. The summed E-state index contributed by atoms with van der Waals surface area (Å²) in [5.41, 5.74) is 2.58.